The monoisotopic (exact) mass is 673 g/mol. The lowest BCUT2D eigenvalue weighted by Crippen LogP contribution is -1.94. The second-order valence-electron chi connectivity index (χ2n) is 13.8. The van der Waals surface area contributed by atoms with Crippen LogP contribution >= 0.6 is 0 Å². The van der Waals surface area contributed by atoms with Crippen molar-refractivity contribution in [2.45, 2.75) is 0 Å². The minimum Gasteiger partial charge on any atom is -0.309 e. The number of pyridine rings is 2. The summed E-state index contributed by atoms with van der Waals surface area (Å²) in [5, 5.41) is 11.0. The van der Waals surface area contributed by atoms with Gasteiger partial charge in [0.05, 0.1) is 16.6 Å². The van der Waals surface area contributed by atoms with Gasteiger partial charge in [0.15, 0.2) is 0 Å². The molecule has 3 heterocycles. The van der Waals surface area contributed by atoms with E-state index >= 15 is 0 Å². The van der Waals surface area contributed by atoms with E-state index in [0.29, 0.717) is 0 Å². The first-order chi connectivity index (χ1) is 26.3. The predicted molar refractivity (Wildman–Crippen MR) is 223 cm³/mol. The summed E-state index contributed by atoms with van der Waals surface area (Å²) in [5.41, 5.74) is 11.6. The van der Waals surface area contributed by atoms with Gasteiger partial charge in [0, 0.05) is 51.4 Å². The van der Waals surface area contributed by atoms with Crippen molar-refractivity contribution >= 4 is 65.0 Å². The van der Waals surface area contributed by atoms with Crippen LogP contribution in [0.5, 0.6) is 0 Å². The molecule has 0 unspecified atom stereocenters. The first-order valence-corrected chi connectivity index (χ1v) is 18.1. The van der Waals surface area contributed by atoms with Gasteiger partial charge in [-0.25, -0.2) is 0 Å². The fourth-order valence-corrected chi connectivity index (χ4v) is 8.48. The molecule has 8 aromatic carbocycles. The Morgan fingerprint density at radius 3 is 1.68 bits per heavy atom. The summed E-state index contributed by atoms with van der Waals surface area (Å²) in [4.78, 5) is 9.40. The van der Waals surface area contributed by atoms with Crippen molar-refractivity contribution in [3.8, 4) is 39.1 Å². The van der Waals surface area contributed by atoms with Gasteiger partial charge in [-0.05, 0) is 109 Å². The van der Waals surface area contributed by atoms with Crippen molar-refractivity contribution in [2.24, 2.45) is 0 Å². The van der Waals surface area contributed by atoms with Gasteiger partial charge in [0.2, 0.25) is 0 Å². The molecule has 0 fully saturated rings. The quantitative estimate of drug-likeness (QED) is 0.174. The zero-order chi connectivity index (χ0) is 34.9. The molecular formula is C50H31N3. The van der Waals surface area contributed by atoms with Gasteiger partial charge in [0.25, 0.3) is 0 Å². The third kappa shape index (κ3) is 4.61. The second-order valence-corrected chi connectivity index (χ2v) is 13.8. The third-order valence-corrected chi connectivity index (χ3v) is 10.9. The topological polar surface area (TPSA) is 30.7 Å². The Hall–Kier alpha value is -7.10. The summed E-state index contributed by atoms with van der Waals surface area (Å²) in [6.07, 6.45) is 5.72. The largest absolute Gasteiger partial charge is 0.309 e. The van der Waals surface area contributed by atoms with Crippen LogP contribution in [0.3, 0.4) is 0 Å². The molecule has 246 valence electrons. The number of hydrogen-bond donors (Lipinski definition) is 0. The standard InChI is InChI=1S/C50H31N3/c1-3-16-42-38(12-1)44(33-20-22-37(23-21-33)53-47-18-7-5-14-40(47)41-15-6-8-19-48(41)53)30-45-39-13-2-4-17-43(39)50-46(49(42)45)29-36(31-52-50)35-11-9-10-34(28-35)32-24-26-51-27-25-32/h1-31H. The Kier molecular flexibility index (Phi) is 6.55. The number of hydrogen-bond acceptors (Lipinski definition) is 2. The van der Waals surface area contributed by atoms with Crippen molar-refractivity contribution in [3.05, 3.63) is 188 Å². The summed E-state index contributed by atoms with van der Waals surface area (Å²) in [7, 11) is 0. The molecule has 11 aromatic rings. The molecule has 0 aliphatic rings. The van der Waals surface area contributed by atoms with E-state index in [1.807, 2.05) is 18.6 Å². The van der Waals surface area contributed by atoms with E-state index in [1.54, 1.807) is 0 Å². The average Bonchev–Trinajstić information content (AvgIpc) is 3.58. The highest BCUT2D eigenvalue weighted by atomic mass is 15.0. The van der Waals surface area contributed by atoms with Crippen molar-refractivity contribution in [3.63, 3.8) is 0 Å². The zero-order valence-electron chi connectivity index (χ0n) is 28.7. The number of aromatic nitrogens is 3. The third-order valence-electron chi connectivity index (χ3n) is 10.9. The first kappa shape index (κ1) is 29.6. The van der Waals surface area contributed by atoms with E-state index in [4.69, 9.17) is 4.98 Å². The highest BCUT2D eigenvalue weighted by molar-refractivity contribution is 6.32. The van der Waals surface area contributed by atoms with E-state index in [-0.39, 0.29) is 0 Å². The summed E-state index contributed by atoms with van der Waals surface area (Å²) in [6.45, 7) is 0. The fraction of sp³-hybridized carbons (Fsp3) is 0. The van der Waals surface area contributed by atoms with Crippen molar-refractivity contribution in [2.75, 3.05) is 0 Å². The summed E-state index contributed by atoms with van der Waals surface area (Å²) >= 11 is 0. The average molecular weight is 674 g/mol. The smallest absolute Gasteiger partial charge is 0.0787 e. The zero-order valence-corrected chi connectivity index (χ0v) is 28.7. The molecular weight excluding hydrogens is 643 g/mol. The molecule has 0 saturated carbocycles. The Morgan fingerprint density at radius 1 is 0.358 bits per heavy atom. The predicted octanol–water partition coefficient (Wildman–Crippen LogP) is 13.2. The maximum absolute atomic E-state index is 5.19. The van der Waals surface area contributed by atoms with E-state index in [9.17, 15) is 0 Å². The Morgan fingerprint density at radius 2 is 0.962 bits per heavy atom. The van der Waals surface area contributed by atoms with Gasteiger partial charge in [-0.3, -0.25) is 9.97 Å². The lowest BCUT2D eigenvalue weighted by Gasteiger charge is -2.17. The van der Waals surface area contributed by atoms with Gasteiger partial charge in [-0.1, -0.05) is 115 Å². The van der Waals surface area contributed by atoms with Gasteiger partial charge in [-0.2, -0.15) is 0 Å². The van der Waals surface area contributed by atoms with Crippen molar-refractivity contribution in [1.82, 2.24) is 14.5 Å². The highest BCUT2D eigenvalue weighted by Gasteiger charge is 2.17. The summed E-state index contributed by atoms with van der Waals surface area (Å²) in [5.74, 6) is 0. The molecule has 3 heteroatoms. The molecule has 0 aliphatic carbocycles. The van der Waals surface area contributed by atoms with E-state index < -0.39 is 0 Å². The molecule has 0 spiro atoms. The van der Waals surface area contributed by atoms with Gasteiger partial charge >= 0.3 is 0 Å². The van der Waals surface area contributed by atoms with Crippen LogP contribution in [0.25, 0.3) is 104 Å². The van der Waals surface area contributed by atoms with E-state index in [2.05, 4.69) is 179 Å². The van der Waals surface area contributed by atoms with Crippen LogP contribution in [0, 0.1) is 0 Å². The molecule has 0 saturated heterocycles. The van der Waals surface area contributed by atoms with Gasteiger partial charge < -0.3 is 4.57 Å². The maximum atomic E-state index is 5.19. The molecule has 0 atom stereocenters. The Labute approximate surface area is 306 Å². The number of fused-ring (bicyclic) bond motifs is 11. The van der Waals surface area contributed by atoms with Crippen LogP contribution in [0.2, 0.25) is 0 Å². The Balaban J connectivity index is 1.13. The first-order valence-electron chi connectivity index (χ1n) is 18.1. The lowest BCUT2D eigenvalue weighted by atomic mass is 9.88. The number of para-hydroxylation sites is 2. The minimum atomic E-state index is 1.02. The number of benzene rings is 8. The van der Waals surface area contributed by atoms with Gasteiger partial charge in [-0.15, -0.1) is 0 Å². The SMILES string of the molecule is c1cc(-c2ccncc2)cc(-c2cnc3c4ccccc4c4cc(-c5ccc(-n6c7ccccc7c7ccccc76)cc5)c5ccccc5c4c3c2)c1. The molecule has 3 aromatic heterocycles. The van der Waals surface area contributed by atoms with Crippen molar-refractivity contribution < 1.29 is 0 Å². The van der Waals surface area contributed by atoms with Crippen LogP contribution in [-0.2, 0) is 0 Å². The fourth-order valence-electron chi connectivity index (χ4n) is 8.48. The van der Waals surface area contributed by atoms with Crippen LogP contribution in [0.1, 0.15) is 0 Å². The Bertz CT molecular complexity index is 3160. The van der Waals surface area contributed by atoms with E-state index in [0.717, 1.165) is 44.2 Å². The minimum absolute atomic E-state index is 1.02. The molecule has 3 nitrogen and oxygen atoms in total. The van der Waals surface area contributed by atoms with Crippen LogP contribution in [0.4, 0.5) is 0 Å². The second kappa shape index (κ2) is 11.7. The molecule has 0 N–H and O–H groups in total. The molecule has 11 rings (SSSR count). The molecule has 0 bridgehead atoms. The molecule has 0 radical (unpaired) electrons. The normalized spacial score (nSPS) is 11.8. The van der Waals surface area contributed by atoms with Crippen LogP contribution in [0.15, 0.2) is 188 Å². The number of rotatable bonds is 4. The highest BCUT2D eigenvalue weighted by Crippen LogP contribution is 2.43. The summed E-state index contributed by atoms with van der Waals surface area (Å²) < 4.78 is 2.38. The number of nitrogens with zero attached hydrogens (tertiary/aromatic N) is 3. The molecule has 53 heavy (non-hydrogen) atoms. The molecule has 0 amide bonds. The molecule has 0 aliphatic heterocycles. The van der Waals surface area contributed by atoms with Crippen LogP contribution < -0.4 is 0 Å². The van der Waals surface area contributed by atoms with E-state index in [1.165, 1.54) is 59.9 Å². The lowest BCUT2D eigenvalue weighted by molar-refractivity contribution is 1.18. The van der Waals surface area contributed by atoms with Crippen LogP contribution in [-0.4, -0.2) is 14.5 Å². The van der Waals surface area contributed by atoms with Crippen molar-refractivity contribution in [1.29, 1.82) is 0 Å². The maximum Gasteiger partial charge on any atom is 0.0787 e. The summed E-state index contributed by atoms with van der Waals surface area (Å²) in [6, 6.07) is 61.6. The van der Waals surface area contributed by atoms with Gasteiger partial charge in [0.1, 0.15) is 0 Å².